The molecule has 2 amide bonds. The first-order valence-electron chi connectivity index (χ1n) is 6.93. The molecule has 0 saturated carbocycles. The van der Waals surface area contributed by atoms with Crippen LogP contribution in [0.4, 0.5) is 0 Å². The fraction of sp³-hybridized carbons (Fsp3) is 0.467. The SMILES string of the molecule is CN(C(=O)[C@@H]1CCCN1)[C@@H](Cc1ccccc1)C(N)=O. The number of amides is 2. The summed E-state index contributed by atoms with van der Waals surface area (Å²) >= 11 is 0. The normalized spacial score (nSPS) is 19.6. The number of nitrogens with zero attached hydrogens (tertiary/aromatic N) is 1. The number of carbonyl (C=O) groups is 2. The first-order chi connectivity index (χ1) is 9.59. The van der Waals surface area contributed by atoms with Gasteiger partial charge in [0.1, 0.15) is 6.04 Å². The van der Waals surface area contributed by atoms with Gasteiger partial charge in [-0.1, -0.05) is 30.3 Å². The quantitative estimate of drug-likeness (QED) is 0.811. The average molecular weight is 275 g/mol. The van der Waals surface area contributed by atoms with Crippen LogP contribution in [0.3, 0.4) is 0 Å². The summed E-state index contributed by atoms with van der Waals surface area (Å²) in [6.07, 6.45) is 2.26. The molecule has 108 valence electrons. The fourth-order valence-corrected chi connectivity index (χ4v) is 2.56. The Morgan fingerprint density at radius 2 is 2.10 bits per heavy atom. The van der Waals surface area contributed by atoms with Crippen LogP contribution in [0.5, 0.6) is 0 Å². The van der Waals surface area contributed by atoms with E-state index >= 15 is 0 Å². The van der Waals surface area contributed by atoms with E-state index in [1.54, 1.807) is 7.05 Å². The molecule has 2 rings (SSSR count). The molecule has 0 radical (unpaired) electrons. The second kappa shape index (κ2) is 6.52. The van der Waals surface area contributed by atoms with Crippen molar-refractivity contribution in [2.24, 2.45) is 5.73 Å². The van der Waals surface area contributed by atoms with E-state index in [-0.39, 0.29) is 11.9 Å². The van der Waals surface area contributed by atoms with Crippen LogP contribution in [0.1, 0.15) is 18.4 Å². The van der Waals surface area contributed by atoms with Gasteiger partial charge in [0.2, 0.25) is 11.8 Å². The number of benzene rings is 1. The molecule has 3 N–H and O–H groups in total. The van der Waals surface area contributed by atoms with Gasteiger partial charge in [-0.15, -0.1) is 0 Å². The van der Waals surface area contributed by atoms with Crippen molar-refractivity contribution in [3.05, 3.63) is 35.9 Å². The highest BCUT2D eigenvalue weighted by molar-refractivity contribution is 5.89. The molecule has 0 bridgehead atoms. The summed E-state index contributed by atoms with van der Waals surface area (Å²) in [5.74, 6) is -0.523. The molecular formula is C15H21N3O2. The predicted octanol–water partition coefficient (Wildman–Crippen LogP) is 0.293. The van der Waals surface area contributed by atoms with E-state index in [0.29, 0.717) is 6.42 Å². The Morgan fingerprint density at radius 3 is 2.65 bits per heavy atom. The van der Waals surface area contributed by atoms with Gasteiger partial charge in [-0.25, -0.2) is 0 Å². The van der Waals surface area contributed by atoms with Gasteiger partial charge in [-0.3, -0.25) is 9.59 Å². The second-order valence-corrected chi connectivity index (χ2v) is 5.21. The van der Waals surface area contributed by atoms with Crippen molar-refractivity contribution in [2.45, 2.75) is 31.3 Å². The summed E-state index contributed by atoms with van der Waals surface area (Å²) in [6, 6.07) is 8.82. The van der Waals surface area contributed by atoms with E-state index in [1.807, 2.05) is 30.3 Å². The Labute approximate surface area is 119 Å². The number of nitrogens with one attached hydrogen (secondary N) is 1. The number of hydrogen-bond acceptors (Lipinski definition) is 3. The summed E-state index contributed by atoms with van der Waals surface area (Å²) < 4.78 is 0. The lowest BCUT2D eigenvalue weighted by Gasteiger charge is -2.28. The van der Waals surface area contributed by atoms with Gasteiger partial charge >= 0.3 is 0 Å². The number of hydrogen-bond donors (Lipinski definition) is 2. The van der Waals surface area contributed by atoms with E-state index in [1.165, 1.54) is 4.90 Å². The monoisotopic (exact) mass is 275 g/mol. The van der Waals surface area contributed by atoms with Crippen molar-refractivity contribution >= 4 is 11.8 Å². The molecule has 1 fully saturated rings. The molecule has 1 aliphatic rings. The van der Waals surface area contributed by atoms with Crippen LogP contribution in [0.25, 0.3) is 0 Å². The number of primary amides is 1. The summed E-state index contributed by atoms with van der Waals surface area (Å²) in [4.78, 5) is 25.5. The van der Waals surface area contributed by atoms with Crippen molar-refractivity contribution in [1.29, 1.82) is 0 Å². The highest BCUT2D eigenvalue weighted by atomic mass is 16.2. The highest BCUT2D eigenvalue weighted by Gasteiger charge is 2.31. The maximum absolute atomic E-state index is 12.3. The van der Waals surface area contributed by atoms with Gasteiger partial charge in [0.25, 0.3) is 0 Å². The van der Waals surface area contributed by atoms with Crippen molar-refractivity contribution in [1.82, 2.24) is 10.2 Å². The minimum Gasteiger partial charge on any atom is -0.368 e. The molecule has 1 aliphatic heterocycles. The molecule has 0 aromatic heterocycles. The zero-order chi connectivity index (χ0) is 14.5. The fourth-order valence-electron chi connectivity index (χ4n) is 2.56. The number of rotatable bonds is 5. The smallest absolute Gasteiger partial charge is 0.240 e. The molecule has 1 aromatic rings. The van der Waals surface area contributed by atoms with Crippen LogP contribution in [0.2, 0.25) is 0 Å². The maximum atomic E-state index is 12.3. The zero-order valence-electron chi connectivity index (χ0n) is 11.7. The Hall–Kier alpha value is -1.88. The average Bonchev–Trinajstić information content (AvgIpc) is 2.98. The first-order valence-corrected chi connectivity index (χ1v) is 6.93. The van der Waals surface area contributed by atoms with E-state index < -0.39 is 11.9 Å². The Kier molecular flexibility index (Phi) is 4.74. The van der Waals surface area contributed by atoms with Crippen LogP contribution in [-0.2, 0) is 16.0 Å². The number of nitrogens with two attached hydrogens (primary N) is 1. The van der Waals surface area contributed by atoms with E-state index in [4.69, 9.17) is 5.73 Å². The van der Waals surface area contributed by atoms with Crippen LogP contribution >= 0.6 is 0 Å². The van der Waals surface area contributed by atoms with Gasteiger partial charge in [0, 0.05) is 13.5 Å². The van der Waals surface area contributed by atoms with Gasteiger partial charge in [-0.05, 0) is 24.9 Å². The highest BCUT2D eigenvalue weighted by Crippen LogP contribution is 2.13. The largest absolute Gasteiger partial charge is 0.368 e. The zero-order valence-corrected chi connectivity index (χ0v) is 11.7. The Morgan fingerprint density at radius 1 is 1.40 bits per heavy atom. The topological polar surface area (TPSA) is 75.4 Å². The summed E-state index contributed by atoms with van der Waals surface area (Å²) in [5.41, 5.74) is 6.46. The number of likely N-dealkylation sites (N-methyl/N-ethyl adjacent to an activating group) is 1. The Balaban J connectivity index is 2.07. The lowest BCUT2D eigenvalue weighted by Crippen LogP contribution is -2.52. The first kappa shape index (κ1) is 14.5. The molecule has 5 heteroatoms. The molecule has 1 saturated heterocycles. The molecule has 0 spiro atoms. The summed E-state index contributed by atoms with van der Waals surface area (Å²) in [6.45, 7) is 0.851. The van der Waals surface area contributed by atoms with Crippen LogP contribution < -0.4 is 11.1 Å². The predicted molar refractivity (Wildman–Crippen MR) is 76.9 cm³/mol. The lowest BCUT2D eigenvalue weighted by atomic mass is 10.0. The van der Waals surface area contributed by atoms with Gasteiger partial charge in [0.05, 0.1) is 6.04 Å². The standard InChI is InChI=1S/C15H21N3O2/c1-18(15(20)12-8-5-9-17-12)13(14(16)19)10-11-6-3-2-4-7-11/h2-4,6-7,12-13,17H,5,8-10H2,1H3,(H2,16,19)/t12-,13-/m0/s1. The lowest BCUT2D eigenvalue weighted by molar-refractivity contribution is -0.139. The minimum absolute atomic E-state index is 0.0535. The molecule has 2 atom stereocenters. The third-order valence-electron chi connectivity index (χ3n) is 3.77. The molecule has 0 unspecified atom stereocenters. The minimum atomic E-state index is -0.604. The Bertz CT molecular complexity index is 469. The van der Waals surface area contributed by atoms with E-state index in [9.17, 15) is 9.59 Å². The second-order valence-electron chi connectivity index (χ2n) is 5.21. The van der Waals surface area contributed by atoms with E-state index in [0.717, 1.165) is 24.9 Å². The maximum Gasteiger partial charge on any atom is 0.240 e. The summed E-state index contributed by atoms with van der Waals surface area (Å²) in [5, 5.41) is 3.15. The molecule has 1 heterocycles. The number of carbonyl (C=O) groups excluding carboxylic acids is 2. The van der Waals surface area contributed by atoms with Crippen LogP contribution in [0.15, 0.2) is 30.3 Å². The molecule has 0 aliphatic carbocycles. The van der Waals surface area contributed by atoms with Crippen molar-refractivity contribution in [3.63, 3.8) is 0 Å². The van der Waals surface area contributed by atoms with Crippen LogP contribution in [0, 0.1) is 0 Å². The van der Waals surface area contributed by atoms with Crippen LogP contribution in [-0.4, -0.2) is 42.4 Å². The van der Waals surface area contributed by atoms with Crippen molar-refractivity contribution < 1.29 is 9.59 Å². The van der Waals surface area contributed by atoms with Crippen molar-refractivity contribution in [3.8, 4) is 0 Å². The molecular weight excluding hydrogens is 254 g/mol. The molecule has 5 nitrogen and oxygen atoms in total. The third kappa shape index (κ3) is 3.36. The molecule has 1 aromatic carbocycles. The van der Waals surface area contributed by atoms with Gasteiger partial charge in [0.15, 0.2) is 0 Å². The summed E-state index contributed by atoms with van der Waals surface area (Å²) in [7, 11) is 1.65. The van der Waals surface area contributed by atoms with Gasteiger partial charge in [-0.2, -0.15) is 0 Å². The third-order valence-corrected chi connectivity index (χ3v) is 3.77. The van der Waals surface area contributed by atoms with Crippen molar-refractivity contribution in [2.75, 3.05) is 13.6 Å². The molecule has 20 heavy (non-hydrogen) atoms. The van der Waals surface area contributed by atoms with Gasteiger partial charge < -0.3 is 16.0 Å². The van der Waals surface area contributed by atoms with E-state index in [2.05, 4.69) is 5.32 Å².